The van der Waals surface area contributed by atoms with E-state index in [1.54, 1.807) is 23.7 Å². The zero-order valence-electron chi connectivity index (χ0n) is 18.2. The van der Waals surface area contributed by atoms with Gasteiger partial charge in [0.05, 0.1) is 12.1 Å². The van der Waals surface area contributed by atoms with E-state index in [0.717, 1.165) is 11.1 Å². The van der Waals surface area contributed by atoms with Crippen LogP contribution in [0.15, 0.2) is 47.2 Å². The van der Waals surface area contributed by atoms with Gasteiger partial charge in [0.1, 0.15) is 24.4 Å². The SMILES string of the molecule is Cc1ccc(OCc2c(C(=O)Nc3ncn(Cc4ccc(Cl)cc4Cl)n3)noc2C)cc1C. The summed E-state index contributed by atoms with van der Waals surface area (Å²) >= 11 is 12.1. The fourth-order valence-corrected chi connectivity index (χ4v) is 3.58. The number of carbonyl (C=O) groups is 1. The summed E-state index contributed by atoms with van der Waals surface area (Å²) in [5.41, 5.74) is 3.79. The average Bonchev–Trinajstić information content (AvgIpc) is 3.37. The number of halogens is 2. The molecule has 0 unspecified atom stereocenters. The fourth-order valence-electron chi connectivity index (χ4n) is 3.11. The van der Waals surface area contributed by atoms with E-state index in [1.807, 2.05) is 38.1 Å². The number of benzene rings is 2. The quantitative estimate of drug-likeness (QED) is 0.377. The molecule has 2 aromatic carbocycles. The molecule has 10 heteroatoms. The third-order valence-electron chi connectivity index (χ3n) is 5.17. The van der Waals surface area contributed by atoms with Gasteiger partial charge in [-0.2, -0.15) is 0 Å². The van der Waals surface area contributed by atoms with E-state index in [0.29, 0.717) is 33.7 Å². The van der Waals surface area contributed by atoms with Gasteiger partial charge in [0.25, 0.3) is 5.91 Å². The van der Waals surface area contributed by atoms with Gasteiger partial charge in [0.15, 0.2) is 5.69 Å². The molecule has 2 heterocycles. The number of carbonyl (C=O) groups excluding carboxylic acids is 1. The van der Waals surface area contributed by atoms with Crippen LogP contribution in [0, 0.1) is 20.8 Å². The number of aromatic nitrogens is 4. The molecular weight excluding hydrogens is 465 g/mol. The van der Waals surface area contributed by atoms with E-state index < -0.39 is 5.91 Å². The van der Waals surface area contributed by atoms with Gasteiger partial charge < -0.3 is 9.26 Å². The third kappa shape index (κ3) is 5.35. The maximum atomic E-state index is 12.8. The highest BCUT2D eigenvalue weighted by Crippen LogP contribution is 2.23. The molecular formula is C23H21Cl2N5O3. The summed E-state index contributed by atoms with van der Waals surface area (Å²) in [7, 11) is 0. The van der Waals surface area contributed by atoms with Crippen LogP contribution in [0.3, 0.4) is 0 Å². The standard InChI is InChI=1S/C23H21Cl2N5O3/c1-13-4-7-18(8-14(13)2)32-11-19-15(3)33-29-21(19)22(31)27-23-26-12-30(28-23)10-16-5-6-17(24)9-20(16)25/h4-9,12H,10-11H2,1-3H3,(H,27,28,31). The number of amides is 1. The number of nitrogens with one attached hydrogen (secondary N) is 1. The van der Waals surface area contributed by atoms with Crippen LogP contribution in [0.25, 0.3) is 0 Å². The van der Waals surface area contributed by atoms with E-state index in [-0.39, 0.29) is 18.2 Å². The monoisotopic (exact) mass is 485 g/mol. The van der Waals surface area contributed by atoms with Crippen LogP contribution >= 0.6 is 23.2 Å². The molecule has 0 saturated heterocycles. The molecule has 170 valence electrons. The largest absolute Gasteiger partial charge is 0.489 e. The molecule has 0 fully saturated rings. The van der Waals surface area contributed by atoms with E-state index >= 15 is 0 Å². The van der Waals surface area contributed by atoms with Crippen molar-refractivity contribution >= 4 is 35.1 Å². The molecule has 2 aromatic heterocycles. The summed E-state index contributed by atoms with van der Waals surface area (Å²) in [5, 5.41) is 11.9. The zero-order valence-corrected chi connectivity index (χ0v) is 19.7. The molecule has 0 aliphatic carbocycles. The molecule has 0 radical (unpaired) electrons. The predicted molar refractivity (Wildman–Crippen MR) is 125 cm³/mol. The number of ether oxygens (including phenoxy) is 1. The Morgan fingerprint density at radius 3 is 2.70 bits per heavy atom. The van der Waals surface area contributed by atoms with E-state index in [4.69, 9.17) is 32.5 Å². The molecule has 0 aliphatic heterocycles. The van der Waals surface area contributed by atoms with Crippen LogP contribution in [0.5, 0.6) is 5.75 Å². The molecule has 4 rings (SSSR count). The van der Waals surface area contributed by atoms with Crippen molar-refractivity contribution in [2.75, 3.05) is 5.32 Å². The van der Waals surface area contributed by atoms with Gasteiger partial charge in [0, 0.05) is 10.0 Å². The van der Waals surface area contributed by atoms with Crippen LogP contribution < -0.4 is 10.1 Å². The summed E-state index contributed by atoms with van der Waals surface area (Å²) in [5.74, 6) is 0.839. The Hall–Kier alpha value is -3.36. The highest BCUT2D eigenvalue weighted by molar-refractivity contribution is 6.35. The predicted octanol–water partition coefficient (Wildman–Crippen LogP) is 5.38. The van der Waals surface area contributed by atoms with Gasteiger partial charge in [0.2, 0.25) is 5.95 Å². The number of nitrogens with zero attached hydrogens (tertiary/aromatic N) is 4. The fraction of sp³-hybridized carbons (Fsp3) is 0.217. The number of rotatable bonds is 7. The highest BCUT2D eigenvalue weighted by Gasteiger charge is 2.22. The number of hydrogen-bond acceptors (Lipinski definition) is 6. The van der Waals surface area contributed by atoms with E-state index in [1.165, 1.54) is 11.9 Å². The highest BCUT2D eigenvalue weighted by atomic mass is 35.5. The molecule has 0 saturated carbocycles. The molecule has 1 N–H and O–H groups in total. The van der Waals surface area contributed by atoms with Crippen LogP contribution in [-0.2, 0) is 13.2 Å². The first-order valence-corrected chi connectivity index (χ1v) is 10.9. The summed E-state index contributed by atoms with van der Waals surface area (Å²) in [6.45, 7) is 6.28. The van der Waals surface area contributed by atoms with Gasteiger partial charge in [-0.3, -0.25) is 10.1 Å². The minimum atomic E-state index is -0.493. The van der Waals surface area contributed by atoms with Crippen LogP contribution in [0.1, 0.15) is 38.5 Å². The molecule has 0 bridgehead atoms. The van der Waals surface area contributed by atoms with Gasteiger partial charge in [-0.25, -0.2) is 9.67 Å². The van der Waals surface area contributed by atoms with Crippen molar-refractivity contribution in [2.45, 2.75) is 33.9 Å². The molecule has 1 amide bonds. The first-order valence-electron chi connectivity index (χ1n) is 10.1. The van der Waals surface area contributed by atoms with Crippen molar-refractivity contribution in [3.8, 4) is 5.75 Å². The Bertz CT molecular complexity index is 1320. The molecule has 8 nitrogen and oxygen atoms in total. The summed E-state index contributed by atoms with van der Waals surface area (Å²) < 4.78 is 12.6. The second-order valence-corrected chi connectivity index (χ2v) is 8.40. The lowest BCUT2D eigenvalue weighted by Crippen LogP contribution is -2.16. The smallest absolute Gasteiger partial charge is 0.280 e. The summed E-state index contributed by atoms with van der Waals surface area (Å²) in [6, 6.07) is 11.0. The number of hydrogen-bond donors (Lipinski definition) is 1. The van der Waals surface area contributed by atoms with E-state index in [2.05, 4.69) is 20.6 Å². The molecule has 0 atom stereocenters. The van der Waals surface area contributed by atoms with Crippen molar-refractivity contribution in [1.82, 2.24) is 19.9 Å². The third-order valence-corrected chi connectivity index (χ3v) is 5.76. The minimum absolute atomic E-state index is 0.119. The summed E-state index contributed by atoms with van der Waals surface area (Å²) in [6.07, 6.45) is 1.50. The molecule has 0 aliphatic rings. The lowest BCUT2D eigenvalue weighted by molar-refractivity contribution is 0.101. The zero-order chi connectivity index (χ0) is 23.5. The first kappa shape index (κ1) is 22.8. The Labute approximate surface area is 200 Å². The maximum absolute atomic E-state index is 12.8. The van der Waals surface area contributed by atoms with Crippen LogP contribution in [0.2, 0.25) is 10.0 Å². The van der Waals surface area contributed by atoms with Crippen molar-refractivity contribution < 1.29 is 14.1 Å². The van der Waals surface area contributed by atoms with E-state index in [9.17, 15) is 4.79 Å². The minimum Gasteiger partial charge on any atom is -0.489 e. The number of aryl methyl sites for hydroxylation is 3. The molecule has 0 spiro atoms. The second-order valence-electron chi connectivity index (χ2n) is 7.56. The number of anilines is 1. The Morgan fingerprint density at radius 2 is 1.94 bits per heavy atom. The van der Waals surface area contributed by atoms with Crippen molar-refractivity contribution in [3.05, 3.63) is 86.5 Å². The first-order chi connectivity index (χ1) is 15.8. The van der Waals surface area contributed by atoms with Gasteiger partial charge in [-0.1, -0.05) is 40.5 Å². The lowest BCUT2D eigenvalue weighted by atomic mass is 10.1. The Balaban J connectivity index is 1.43. The van der Waals surface area contributed by atoms with Crippen molar-refractivity contribution in [1.29, 1.82) is 0 Å². The average molecular weight is 486 g/mol. The second kappa shape index (κ2) is 9.64. The summed E-state index contributed by atoms with van der Waals surface area (Å²) in [4.78, 5) is 16.9. The Kier molecular flexibility index (Phi) is 6.67. The van der Waals surface area contributed by atoms with Crippen LogP contribution in [0.4, 0.5) is 5.95 Å². The Morgan fingerprint density at radius 1 is 1.12 bits per heavy atom. The topological polar surface area (TPSA) is 95.1 Å². The lowest BCUT2D eigenvalue weighted by Gasteiger charge is -2.08. The normalized spacial score (nSPS) is 10.9. The van der Waals surface area contributed by atoms with Crippen molar-refractivity contribution in [2.24, 2.45) is 0 Å². The van der Waals surface area contributed by atoms with Crippen LogP contribution in [-0.4, -0.2) is 25.8 Å². The van der Waals surface area contributed by atoms with Gasteiger partial charge in [-0.05, 0) is 61.7 Å². The molecule has 33 heavy (non-hydrogen) atoms. The maximum Gasteiger partial charge on any atom is 0.280 e. The van der Waals surface area contributed by atoms with Crippen molar-refractivity contribution in [3.63, 3.8) is 0 Å². The van der Waals surface area contributed by atoms with Gasteiger partial charge in [-0.15, -0.1) is 5.10 Å². The van der Waals surface area contributed by atoms with Gasteiger partial charge >= 0.3 is 0 Å². The molecule has 4 aromatic rings.